The van der Waals surface area contributed by atoms with Gasteiger partial charge in [0.1, 0.15) is 11.7 Å². The second-order valence-corrected chi connectivity index (χ2v) is 3.40. The number of hydrogen-bond donors (Lipinski definition) is 1. The fourth-order valence-corrected chi connectivity index (χ4v) is 1.84. The van der Waals surface area contributed by atoms with Crippen LogP contribution in [0.1, 0.15) is 10.4 Å². The van der Waals surface area contributed by atoms with E-state index in [2.05, 4.69) is 0 Å². The molecule has 2 N–H and O–H groups in total. The lowest BCUT2D eigenvalue weighted by atomic mass is 10.2. The van der Waals surface area contributed by atoms with Gasteiger partial charge in [0.25, 0.3) is 0 Å². The maximum atomic E-state index is 10.8. The summed E-state index contributed by atoms with van der Waals surface area (Å²) in [6.45, 7) is 0. The summed E-state index contributed by atoms with van der Waals surface area (Å²) in [7, 11) is 0. The van der Waals surface area contributed by atoms with E-state index in [0.29, 0.717) is 11.5 Å². The second kappa shape index (κ2) is 2.71. The molecule has 1 aliphatic heterocycles. The van der Waals surface area contributed by atoms with E-state index < -0.39 is 5.91 Å². The Morgan fingerprint density at radius 1 is 1.58 bits per heavy atom. The topological polar surface area (TPSA) is 52.3 Å². The molecular formula is C8H7NO2S. The molecule has 0 aromatic heterocycles. The maximum absolute atomic E-state index is 10.8. The van der Waals surface area contributed by atoms with E-state index in [1.54, 1.807) is 30.0 Å². The molecule has 0 aliphatic carbocycles. The van der Waals surface area contributed by atoms with Gasteiger partial charge in [0, 0.05) is 5.56 Å². The zero-order valence-corrected chi connectivity index (χ0v) is 7.06. The van der Waals surface area contributed by atoms with Crippen molar-refractivity contribution in [2.45, 2.75) is 4.90 Å². The summed E-state index contributed by atoms with van der Waals surface area (Å²) in [6, 6.07) is 5.21. The molecule has 0 bridgehead atoms. The van der Waals surface area contributed by atoms with Crippen LogP contribution in [-0.2, 0) is 0 Å². The molecular weight excluding hydrogens is 174 g/mol. The Bertz CT molecular complexity index is 338. The minimum atomic E-state index is -0.398. The molecule has 0 saturated carbocycles. The van der Waals surface area contributed by atoms with E-state index in [1.807, 2.05) is 0 Å². The Morgan fingerprint density at radius 3 is 3.17 bits per heavy atom. The van der Waals surface area contributed by atoms with Crippen LogP contribution in [0, 0.1) is 0 Å². The van der Waals surface area contributed by atoms with Crippen molar-refractivity contribution in [1.29, 1.82) is 0 Å². The number of hydrogen-bond acceptors (Lipinski definition) is 3. The van der Waals surface area contributed by atoms with Gasteiger partial charge in [-0.05, 0) is 18.2 Å². The molecule has 0 saturated heterocycles. The zero-order chi connectivity index (χ0) is 8.55. The van der Waals surface area contributed by atoms with Gasteiger partial charge < -0.3 is 10.5 Å². The number of amides is 1. The van der Waals surface area contributed by atoms with Crippen LogP contribution in [0.2, 0.25) is 0 Å². The lowest BCUT2D eigenvalue weighted by Crippen LogP contribution is -2.10. The Morgan fingerprint density at radius 2 is 2.42 bits per heavy atom. The summed E-state index contributed by atoms with van der Waals surface area (Å²) in [5.74, 6) is 1.06. The quantitative estimate of drug-likeness (QED) is 0.708. The molecule has 3 nitrogen and oxygen atoms in total. The molecule has 1 aromatic rings. The van der Waals surface area contributed by atoms with Crippen molar-refractivity contribution in [2.24, 2.45) is 5.73 Å². The standard InChI is InChI=1S/C8H7NO2S/c9-8(10)5-1-2-6-7(3-5)12-4-11-6/h1-3H,4H2,(H2,9,10). The summed E-state index contributed by atoms with van der Waals surface area (Å²) in [4.78, 5) is 11.8. The van der Waals surface area contributed by atoms with E-state index in [-0.39, 0.29) is 0 Å². The van der Waals surface area contributed by atoms with Crippen molar-refractivity contribution in [3.05, 3.63) is 23.8 Å². The Labute approximate surface area is 73.9 Å². The highest BCUT2D eigenvalue weighted by molar-refractivity contribution is 7.99. The number of benzene rings is 1. The molecule has 1 aliphatic rings. The number of carbonyl (C=O) groups is 1. The molecule has 0 atom stereocenters. The van der Waals surface area contributed by atoms with Gasteiger partial charge in [-0.25, -0.2) is 0 Å². The lowest BCUT2D eigenvalue weighted by molar-refractivity contribution is 0.1000. The number of carbonyl (C=O) groups excluding carboxylic acids is 1. The van der Waals surface area contributed by atoms with Crippen LogP contribution in [0.4, 0.5) is 0 Å². The summed E-state index contributed by atoms with van der Waals surface area (Å²) in [5, 5.41) is 0. The molecule has 0 unspecified atom stereocenters. The molecule has 0 radical (unpaired) electrons. The molecule has 1 amide bonds. The van der Waals surface area contributed by atoms with E-state index in [4.69, 9.17) is 10.5 Å². The summed E-state index contributed by atoms with van der Waals surface area (Å²) >= 11 is 1.57. The molecule has 62 valence electrons. The second-order valence-electron chi connectivity index (χ2n) is 2.43. The van der Waals surface area contributed by atoms with Crippen LogP contribution >= 0.6 is 11.8 Å². The third-order valence-corrected chi connectivity index (χ3v) is 2.52. The number of thioether (sulfide) groups is 1. The highest BCUT2D eigenvalue weighted by Gasteiger charge is 2.13. The Kier molecular flexibility index (Phi) is 1.69. The number of nitrogens with two attached hydrogens (primary N) is 1. The van der Waals surface area contributed by atoms with E-state index >= 15 is 0 Å². The van der Waals surface area contributed by atoms with Crippen LogP contribution in [-0.4, -0.2) is 11.8 Å². The van der Waals surface area contributed by atoms with Crippen molar-refractivity contribution in [2.75, 3.05) is 5.94 Å². The van der Waals surface area contributed by atoms with Crippen molar-refractivity contribution in [3.63, 3.8) is 0 Å². The van der Waals surface area contributed by atoms with Crippen LogP contribution in [0.15, 0.2) is 23.1 Å². The fraction of sp³-hybridized carbons (Fsp3) is 0.125. The normalized spacial score (nSPS) is 13.7. The third kappa shape index (κ3) is 1.14. The van der Waals surface area contributed by atoms with Crippen molar-refractivity contribution < 1.29 is 9.53 Å². The highest BCUT2D eigenvalue weighted by atomic mass is 32.2. The Hall–Kier alpha value is -1.16. The van der Waals surface area contributed by atoms with E-state index in [1.165, 1.54) is 0 Å². The van der Waals surface area contributed by atoms with Gasteiger partial charge in [0.15, 0.2) is 0 Å². The first kappa shape index (κ1) is 7.49. The van der Waals surface area contributed by atoms with E-state index in [9.17, 15) is 4.79 Å². The fourth-order valence-electron chi connectivity index (χ4n) is 1.05. The number of ether oxygens (including phenoxy) is 1. The largest absolute Gasteiger partial charge is 0.481 e. The van der Waals surface area contributed by atoms with E-state index in [0.717, 1.165) is 10.6 Å². The molecule has 0 spiro atoms. The summed E-state index contributed by atoms with van der Waals surface area (Å²) in [5.41, 5.74) is 5.65. The molecule has 1 aromatic carbocycles. The average Bonchev–Trinajstić information content (AvgIpc) is 2.49. The predicted molar refractivity (Wildman–Crippen MR) is 46.3 cm³/mol. The van der Waals surface area contributed by atoms with Crippen LogP contribution in [0.3, 0.4) is 0 Å². The van der Waals surface area contributed by atoms with Gasteiger partial charge in [-0.3, -0.25) is 4.79 Å². The molecule has 4 heteroatoms. The highest BCUT2D eigenvalue weighted by Crippen LogP contribution is 2.36. The Balaban J connectivity index is 2.45. The molecule has 1 heterocycles. The molecule has 2 rings (SSSR count). The van der Waals surface area contributed by atoms with Crippen LogP contribution in [0.5, 0.6) is 5.75 Å². The summed E-state index contributed by atoms with van der Waals surface area (Å²) in [6.07, 6.45) is 0. The molecule has 12 heavy (non-hydrogen) atoms. The number of primary amides is 1. The first-order chi connectivity index (χ1) is 5.77. The maximum Gasteiger partial charge on any atom is 0.248 e. The first-order valence-electron chi connectivity index (χ1n) is 3.47. The lowest BCUT2D eigenvalue weighted by Gasteiger charge is -1.98. The van der Waals surface area contributed by atoms with Crippen molar-refractivity contribution in [1.82, 2.24) is 0 Å². The predicted octanol–water partition coefficient (Wildman–Crippen LogP) is 1.23. The summed E-state index contributed by atoms with van der Waals surface area (Å²) < 4.78 is 5.24. The van der Waals surface area contributed by atoms with Gasteiger partial charge in [0.2, 0.25) is 5.91 Å². The SMILES string of the molecule is NC(=O)c1ccc2c(c1)SCO2. The van der Waals surface area contributed by atoms with Crippen molar-refractivity contribution >= 4 is 17.7 Å². The third-order valence-electron chi connectivity index (χ3n) is 1.66. The number of rotatable bonds is 1. The van der Waals surface area contributed by atoms with Crippen molar-refractivity contribution in [3.8, 4) is 5.75 Å². The zero-order valence-electron chi connectivity index (χ0n) is 6.24. The van der Waals surface area contributed by atoms with Crippen LogP contribution in [0.25, 0.3) is 0 Å². The molecule has 0 fully saturated rings. The van der Waals surface area contributed by atoms with Crippen LogP contribution < -0.4 is 10.5 Å². The van der Waals surface area contributed by atoms with Gasteiger partial charge in [0.05, 0.1) is 4.90 Å². The van der Waals surface area contributed by atoms with Gasteiger partial charge in [-0.2, -0.15) is 0 Å². The minimum absolute atomic E-state index is 0.398. The monoisotopic (exact) mass is 181 g/mol. The minimum Gasteiger partial charge on any atom is -0.481 e. The first-order valence-corrected chi connectivity index (χ1v) is 4.45. The van der Waals surface area contributed by atoms with Gasteiger partial charge >= 0.3 is 0 Å². The average molecular weight is 181 g/mol. The van der Waals surface area contributed by atoms with Gasteiger partial charge in [-0.15, -0.1) is 0 Å². The number of fused-ring (bicyclic) bond motifs is 1. The van der Waals surface area contributed by atoms with Gasteiger partial charge in [-0.1, -0.05) is 11.8 Å². The smallest absolute Gasteiger partial charge is 0.248 e.